The zero-order valence-electron chi connectivity index (χ0n) is 11.5. The first-order valence-corrected chi connectivity index (χ1v) is 7.91. The average molecular weight is 275 g/mol. The molecule has 4 heteroatoms. The van der Waals surface area contributed by atoms with Gasteiger partial charge in [0.15, 0.2) is 0 Å². The second-order valence-electron chi connectivity index (χ2n) is 5.64. The molecule has 1 N–H and O–H groups in total. The number of nitrogens with one attached hydrogen (secondary N) is 1. The molecule has 1 fully saturated rings. The van der Waals surface area contributed by atoms with Gasteiger partial charge in [-0.25, -0.2) is 4.98 Å². The molecule has 0 aliphatic heterocycles. The molecule has 0 radical (unpaired) electrons. The van der Waals surface area contributed by atoms with E-state index in [2.05, 4.69) is 46.2 Å². The Morgan fingerprint density at radius 2 is 2.32 bits per heavy atom. The highest BCUT2D eigenvalue weighted by molar-refractivity contribution is 7.10. The Bertz CT molecular complexity index is 511. The van der Waals surface area contributed by atoms with Gasteiger partial charge in [-0.15, -0.1) is 11.3 Å². The van der Waals surface area contributed by atoms with Crippen LogP contribution in [0.2, 0.25) is 0 Å². The molecule has 0 aromatic carbocycles. The first-order valence-electron chi connectivity index (χ1n) is 7.03. The lowest BCUT2D eigenvalue weighted by atomic mass is 10.0. The minimum atomic E-state index is 0.433. The standard InChI is InChI=1S/C15H21N3S/c1-11(2)15(14-4-3-7-19-14)17-9-13-8-16-10-18(13)12-5-6-12/h3-4,7-8,10-12,15,17H,5-6,9H2,1-2H3. The third-order valence-electron chi connectivity index (χ3n) is 3.71. The third-order valence-corrected chi connectivity index (χ3v) is 4.66. The van der Waals surface area contributed by atoms with Gasteiger partial charge in [-0.1, -0.05) is 19.9 Å². The first kappa shape index (κ1) is 12.9. The van der Waals surface area contributed by atoms with Crippen LogP contribution in [0.5, 0.6) is 0 Å². The Hall–Kier alpha value is -1.13. The van der Waals surface area contributed by atoms with E-state index in [0.717, 1.165) is 6.54 Å². The van der Waals surface area contributed by atoms with E-state index in [9.17, 15) is 0 Å². The van der Waals surface area contributed by atoms with Crippen molar-refractivity contribution in [3.63, 3.8) is 0 Å². The van der Waals surface area contributed by atoms with E-state index in [4.69, 9.17) is 0 Å². The van der Waals surface area contributed by atoms with Crippen LogP contribution in [0.3, 0.4) is 0 Å². The Labute approximate surface area is 118 Å². The van der Waals surface area contributed by atoms with E-state index in [-0.39, 0.29) is 0 Å². The molecule has 2 heterocycles. The molecular weight excluding hydrogens is 254 g/mol. The molecule has 0 amide bonds. The predicted octanol–water partition coefficient (Wildman–Crippen LogP) is 3.77. The summed E-state index contributed by atoms with van der Waals surface area (Å²) >= 11 is 1.83. The maximum absolute atomic E-state index is 4.29. The molecule has 0 bridgehead atoms. The van der Waals surface area contributed by atoms with Crippen molar-refractivity contribution in [2.45, 2.75) is 45.3 Å². The van der Waals surface area contributed by atoms with Crippen molar-refractivity contribution >= 4 is 11.3 Å². The molecular formula is C15H21N3S. The summed E-state index contributed by atoms with van der Waals surface area (Å²) < 4.78 is 2.33. The maximum Gasteiger partial charge on any atom is 0.0951 e. The third kappa shape index (κ3) is 2.90. The fourth-order valence-electron chi connectivity index (χ4n) is 2.50. The molecule has 1 atom stereocenters. The molecule has 2 aromatic heterocycles. The molecule has 102 valence electrons. The van der Waals surface area contributed by atoms with Gasteiger partial charge in [0.2, 0.25) is 0 Å². The van der Waals surface area contributed by atoms with Crippen LogP contribution in [-0.2, 0) is 6.54 Å². The molecule has 3 nitrogen and oxygen atoms in total. The van der Waals surface area contributed by atoms with Crippen molar-refractivity contribution in [2.75, 3.05) is 0 Å². The van der Waals surface area contributed by atoms with E-state index in [0.29, 0.717) is 18.0 Å². The van der Waals surface area contributed by atoms with E-state index < -0.39 is 0 Å². The van der Waals surface area contributed by atoms with Crippen LogP contribution in [0.4, 0.5) is 0 Å². The molecule has 1 aliphatic rings. The van der Waals surface area contributed by atoms with Gasteiger partial charge in [0, 0.05) is 29.7 Å². The fourth-order valence-corrected chi connectivity index (χ4v) is 3.47. The molecule has 2 aromatic rings. The first-order chi connectivity index (χ1) is 9.25. The lowest BCUT2D eigenvalue weighted by molar-refractivity contribution is 0.410. The summed E-state index contributed by atoms with van der Waals surface area (Å²) in [5.74, 6) is 0.593. The van der Waals surface area contributed by atoms with Crippen molar-refractivity contribution in [1.82, 2.24) is 14.9 Å². The van der Waals surface area contributed by atoms with Crippen LogP contribution in [0.15, 0.2) is 30.0 Å². The minimum absolute atomic E-state index is 0.433. The number of hydrogen-bond donors (Lipinski definition) is 1. The van der Waals surface area contributed by atoms with Crippen LogP contribution < -0.4 is 5.32 Å². The highest BCUT2D eigenvalue weighted by atomic mass is 32.1. The predicted molar refractivity (Wildman–Crippen MR) is 79.2 cm³/mol. The van der Waals surface area contributed by atoms with Gasteiger partial charge in [-0.2, -0.15) is 0 Å². The molecule has 1 saturated carbocycles. The summed E-state index contributed by atoms with van der Waals surface area (Å²) in [4.78, 5) is 5.72. The summed E-state index contributed by atoms with van der Waals surface area (Å²) in [6, 6.07) is 5.49. The lowest BCUT2D eigenvalue weighted by Gasteiger charge is -2.21. The number of rotatable bonds is 6. The SMILES string of the molecule is CC(C)C(NCc1cncn1C1CC1)c1cccs1. The van der Waals surface area contributed by atoms with Gasteiger partial charge in [-0.05, 0) is 30.2 Å². The number of thiophene rings is 1. The highest BCUT2D eigenvalue weighted by Crippen LogP contribution is 2.35. The zero-order chi connectivity index (χ0) is 13.2. The fraction of sp³-hybridized carbons (Fsp3) is 0.533. The van der Waals surface area contributed by atoms with Gasteiger partial charge in [0.05, 0.1) is 12.0 Å². The topological polar surface area (TPSA) is 29.9 Å². The molecule has 0 spiro atoms. The van der Waals surface area contributed by atoms with Crippen LogP contribution in [0.1, 0.15) is 49.3 Å². The molecule has 1 aliphatic carbocycles. The van der Waals surface area contributed by atoms with Crippen molar-refractivity contribution in [3.8, 4) is 0 Å². The monoisotopic (exact) mass is 275 g/mol. The molecule has 3 rings (SSSR count). The quantitative estimate of drug-likeness (QED) is 0.869. The molecule has 19 heavy (non-hydrogen) atoms. The highest BCUT2D eigenvalue weighted by Gasteiger charge is 2.25. The Morgan fingerprint density at radius 3 is 2.95 bits per heavy atom. The van der Waals surface area contributed by atoms with Crippen molar-refractivity contribution in [3.05, 3.63) is 40.6 Å². The largest absolute Gasteiger partial charge is 0.330 e. The van der Waals surface area contributed by atoms with Crippen molar-refractivity contribution < 1.29 is 0 Å². The van der Waals surface area contributed by atoms with Gasteiger partial charge < -0.3 is 9.88 Å². The Balaban J connectivity index is 1.68. The summed E-state index contributed by atoms with van der Waals surface area (Å²) in [5, 5.41) is 5.85. The van der Waals surface area contributed by atoms with Crippen LogP contribution in [-0.4, -0.2) is 9.55 Å². The second kappa shape index (κ2) is 5.47. The Morgan fingerprint density at radius 1 is 1.47 bits per heavy atom. The van der Waals surface area contributed by atoms with E-state index >= 15 is 0 Å². The van der Waals surface area contributed by atoms with Crippen molar-refractivity contribution in [2.24, 2.45) is 5.92 Å². The van der Waals surface area contributed by atoms with E-state index in [1.807, 2.05) is 23.9 Å². The van der Waals surface area contributed by atoms with Gasteiger partial charge in [0.1, 0.15) is 0 Å². The van der Waals surface area contributed by atoms with Crippen molar-refractivity contribution in [1.29, 1.82) is 0 Å². The zero-order valence-corrected chi connectivity index (χ0v) is 12.4. The smallest absolute Gasteiger partial charge is 0.0951 e. The van der Waals surface area contributed by atoms with Gasteiger partial charge in [0.25, 0.3) is 0 Å². The number of hydrogen-bond acceptors (Lipinski definition) is 3. The molecule has 0 saturated heterocycles. The normalized spacial score (nSPS) is 17.0. The maximum atomic E-state index is 4.29. The van der Waals surface area contributed by atoms with E-state index in [1.165, 1.54) is 23.4 Å². The molecule has 1 unspecified atom stereocenters. The average Bonchev–Trinajstić information content (AvgIpc) is 2.91. The number of aromatic nitrogens is 2. The van der Waals surface area contributed by atoms with E-state index in [1.54, 1.807) is 0 Å². The number of imidazole rings is 1. The second-order valence-corrected chi connectivity index (χ2v) is 6.62. The summed E-state index contributed by atoms with van der Waals surface area (Å²) in [6.45, 7) is 5.45. The summed E-state index contributed by atoms with van der Waals surface area (Å²) in [5.41, 5.74) is 1.31. The van der Waals surface area contributed by atoms with Crippen LogP contribution in [0, 0.1) is 5.92 Å². The van der Waals surface area contributed by atoms with Gasteiger partial charge >= 0.3 is 0 Å². The Kier molecular flexibility index (Phi) is 3.71. The van der Waals surface area contributed by atoms with Crippen LogP contribution in [0.25, 0.3) is 0 Å². The minimum Gasteiger partial charge on any atom is -0.330 e. The van der Waals surface area contributed by atoms with Crippen LogP contribution >= 0.6 is 11.3 Å². The summed E-state index contributed by atoms with van der Waals surface area (Å²) in [7, 11) is 0. The number of nitrogens with zero attached hydrogens (tertiary/aromatic N) is 2. The lowest BCUT2D eigenvalue weighted by Crippen LogP contribution is -2.25. The summed E-state index contributed by atoms with van der Waals surface area (Å²) in [6.07, 6.45) is 6.59. The van der Waals surface area contributed by atoms with Gasteiger partial charge in [-0.3, -0.25) is 0 Å².